The Labute approximate surface area is 385 Å². The highest BCUT2D eigenvalue weighted by Gasteiger charge is 2.57. The van der Waals surface area contributed by atoms with E-state index in [1.807, 2.05) is 72.8 Å². The van der Waals surface area contributed by atoms with Crippen molar-refractivity contribution >= 4 is 70.6 Å². The molecule has 334 valence electrons. The van der Waals surface area contributed by atoms with Crippen LogP contribution in [0.2, 0.25) is 10.1 Å². The lowest BCUT2D eigenvalue weighted by molar-refractivity contribution is -0.137. The third-order valence-electron chi connectivity index (χ3n) is 13.1. The zero-order valence-electron chi connectivity index (χ0n) is 38.1. The summed E-state index contributed by atoms with van der Waals surface area (Å²) in [6.07, 6.45) is 2.82. The number of halogens is 1. The van der Waals surface area contributed by atoms with Crippen LogP contribution in [-0.4, -0.2) is 45.8 Å². The molecule has 0 saturated heterocycles. The molecular weight excluding hydrogens is 848 g/mol. The Morgan fingerprint density at radius 1 is 0.734 bits per heavy atom. The maximum Gasteiger partial charge on any atom is 0.303 e. The van der Waals surface area contributed by atoms with Crippen LogP contribution in [0, 0.1) is 11.8 Å². The van der Waals surface area contributed by atoms with E-state index < -0.39 is 57.9 Å². The van der Waals surface area contributed by atoms with Crippen molar-refractivity contribution in [3.63, 3.8) is 0 Å². The fraction of sp³-hybridized carbons (Fsp3) is 0.345. The Hall–Kier alpha value is -4.78. The number of aliphatic carboxylic acids is 1. The minimum Gasteiger partial charge on any atom is -0.481 e. The number of Topliss-reactive ketones (excluding diaryl/α,β-unsaturated/α-hetero) is 1. The number of unbranched alkanes of at least 4 members (excludes halogenated alkanes) is 1. The Morgan fingerprint density at radius 2 is 1.22 bits per heavy atom. The number of carbonyl (C=O) groups is 2. The average Bonchev–Trinajstić information content (AvgIpc) is 3.84. The van der Waals surface area contributed by atoms with Gasteiger partial charge in [0.05, 0.1) is 6.10 Å². The molecule has 1 fully saturated rings. The Balaban J connectivity index is 1.36. The lowest BCUT2D eigenvalue weighted by Gasteiger charge is -2.46. The molecule has 5 aromatic carbocycles. The number of hydrogen-bond donors (Lipinski definition) is 1. The van der Waals surface area contributed by atoms with Crippen molar-refractivity contribution in [2.75, 3.05) is 0 Å². The lowest BCUT2D eigenvalue weighted by Crippen LogP contribution is -2.68. The van der Waals surface area contributed by atoms with Crippen LogP contribution in [0.4, 0.5) is 4.39 Å². The average molecular weight is 911 g/mol. The topological polar surface area (TPSA) is 72.8 Å². The van der Waals surface area contributed by atoms with Crippen LogP contribution >= 0.6 is 11.3 Å². The minimum atomic E-state index is -3.28. The first-order valence-electron chi connectivity index (χ1n) is 22.8. The number of benzene rings is 5. The monoisotopic (exact) mass is 910 g/mol. The van der Waals surface area contributed by atoms with E-state index in [0.29, 0.717) is 19.3 Å². The highest BCUT2D eigenvalue weighted by atomic mass is 32.1. The summed E-state index contributed by atoms with van der Waals surface area (Å²) in [6, 6.07) is 52.0. The lowest BCUT2D eigenvalue weighted by atomic mass is 9.85. The van der Waals surface area contributed by atoms with E-state index >= 15 is 4.39 Å². The first-order valence-corrected chi connectivity index (χ1v) is 27.4. The van der Waals surface area contributed by atoms with Gasteiger partial charge in [0.25, 0.3) is 16.6 Å². The van der Waals surface area contributed by atoms with Crippen LogP contribution in [0.3, 0.4) is 0 Å². The Bertz CT molecular complexity index is 2370. The van der Waals surface area contributed by atoms with Crippen molar-refractivity contribution < 1.29 is 27.9 Å². The van der Waals surface area contributed by atoms with Gasteiger partial charge in [0.2, 0.25) is 0 Å². The minimum absolute atomic E-state index is 0.0588. The molecule has 7 rings (SSSR count). The summed E-state index contributed by atoms with van der Waals surface area (Å²) in [5.41, 5.74) is 0. The molecule has 1 N–H and O–H groups in total. The predicted octanol–water partition coefficient (Wildman–Crippen LogP) is 11.6. The number of ketones is 1. The van der Waals surface area contributed by atoms with Crippen LogP contribution in [0.1, 0.15) is 91.0 Å². The molecule has 5 nitrogen and oxygen atoms in total. The number of thiophene rings is 1. The summed E-state index contributed by atoms with van der Waals surface area (Å²) in [4.78, 5) is 26.6. The molecule has 1 saturated carbocycles. The zero-order valence-corrected chi connectivity index (χ0v) is 40.9. The van der Waals surface area contributed by atoms with Gasteiger partial charge in [-0.15, -0.1) is 11.3 Å². The van der Waals surface area contributed by atoms with Crippen molar-refractivity contribution in [1.82, 2.24) is 0 Å². The van der Waals surface area contributed by atoms with Gasteiger partial charge in [-0.1, -0.05) is 193 Å². The maximum atomic E-state index is 18.7. The van der Waals surface area contributed by atoms with Gasteiger partial charge in [0.1, 0.15) is 18.1 Å². The molecular formula is C55H63FO5SSi2. The predicted molar refractivity (Wildman–Crippen MR) is 267 cm³/mol. The summed E-state index contributed by atoms with van der Waals surface area (Å²) in [5.74, 6) is -1.72. The van der Waals surface area contributed by atoms with Crippen molar-refractivity contribution in [3.8, 4) is 0 Å². The number of hydrogen-bond acceptors (Lipinski definition) is 5. The maximum absolute atomic E-state index is 18.7. The van der Waals surface area contributed by atoms with Crippen LogP contribution in [0.25, 0.3) is 10.1 Å². The summed E-state index contributed by atoms with van der Waals surface area (Å²) >= 11 is 1.58. The van der Waals surface area contributed by atoms with Gasteiger partial charge in [-0.2, -0.15) is 0 Å². The molecule has 2 unspecified atom stereocenters. The normalized spacial score (nSPS) is 18.4. The third-order valence-corrected chi connectivity index (χ3v) is 24.4. The fourth-order valence-electron chi connectivity index (χ4n) is 10.1. The number of carbonyl (C=O) groups excluding carboxylic acids is 1. The molecule has 0 radical (unpaired) electrons. The van der Waals surface area contributed by atoms with E-state index in [1.165, 1.54) is 0 Å². The summed E-state index contributed by atoms with van der Waals surface area (Å²) in [7, 11) is -6.44. The standard InChI is InChI=1S/C55H63FO5SSi2/c1-54(2,3)63(41-26-13-9-14-27-41,42-28-15-10-16-29-42)60-49-39-48(57)45(34-21-7-8-22-36-52(58)59)46(49)38-47(56)53(51-37-40-25-23-24-35-50(40)62-51)61-64(55(4,5)6,43-30-17-11-18-31-43)44-32-19-12-20-33-44/h7,9-21,23-33,35,37,45-47,49,53H,8,22,34,36,38-39H2,1-6H3,(H,58,59)/t45-,46-,47?,49-,53?/m1/s1. The second-order valence-corrected chi connectivity index (χ2v) is 29.0. The van der Waals surface area contributed by atoms with Crippen molar-refractivity contribution in [3.05, 3.63) is 169 Å². The van der Waals surface area contributed by atoms with Crippen LogP contribution in [0.15, 0.2) is 164 Å². The number of carboxylic acid groups (broad SMARTS) is 1. The molecule has 1 heterocycles. The Morgan fingerprint density at radius 3 is 1.70 bits per heavy atom. The molecule has 6 aromatic rings. The molecule has 9 heteroatoms. The van der Waals surface area contributed by atoms with E-state index in [-0.39, 0.29) is 30.1 Å². The fourth-order valence-corrected chi connectivity index (χ4v) is 20.7. The second kappa shape index (κ2) is 20.2. The molecule has 0 amide bonds. The van der Waals surface area contributed by atoms with Gasteiger partial charge in [0, 0.05) is 28.3 Å². The van der Waals surface area contributed by atoms with Crippen LogP contribution < -0.4 is 20.7 Å². The highest BCUT2D eigenvalue weighted by molar-refractivity contribution is 7.19. The largest absolute Gasteiger partial charge is 0.481 e. The van der Waals surface area contributed by atoms with Crippen molar-refractivity contribution in [2.45, 2.75) is 109 Å². The number of alkyl halides is 1. The molecule has 0 aliphatic heterocycles. The van der Waals surface area contributed by atoms with Crippen LogP contribution in [0.5, 0.6) is 0 Å². The molecule has 1 aliphatic rings. The number of fused-ring (bicyclic) bond motifs is 1. The van der Waals surface area contributed by atoms with Gasteiger partial charge < -0.3 is 14.0 Å². The molecule has 5 atom stereocenters. The smallest absolute Gasteiger partial charge is 0.303 e. The third kappa shape index (κ3) is 9.89. The molecule has 0 spiro atoms. The SMILES string of the molecule is CC(C)(C)[Si](OC(c1cc2ccccc2s1)C(F)C[C@H]1[C@H](O[Si](c2ccccc2)(c2ccccc2)C(C)(C)C)CC(=O)[C@@H]1CC=CCCCC(=O)O)(c1ccccc1)c1ccccc1. The molecule has 1 aromatic heterocycles. The van der Waals surface area contributed by atoms with E-state index in [0.717, 1.165) is 35.7 Å². The van der Waals surface area contributed by atoms with Gasteiger partial charge in [-0.3, -0.25) is 9.59 Å². The van der Waals surface area contributed by atoms with E-state index in [4.69, 9.17) is 8.85 Å². The summed E-state index contributed by atoms with van der Waals surface area (Å²) < 4.78 is 35.3. The quantitative estimate of drug-likeness (QED) is 0.0528. The number of carboxylic acids is 1. The summed E-state index contributed by atoms with van der Waals surface area (Å²) in [5, 5.41) is 13.9. The van der Waals surface area contributed by atoms with Crippen molar-refractivity contribution in [2.24, 2.45) is 11.8 Å². The van der Waals surface area contributed by atoms with Gasteiger partial charge in [0.15, 0.2) is 0 Å². The van der Waals surface area contributed by atoms with Gasteiger partial charge >= 0.3 is 5.97 Å². The van der Waals surface area contributed by atoms with Gasteiger partial charge in [-0.05, 0) is 79.9 Å². The molecule has 1 aliphatic carbocycles. The van der Waals surface area contributed by atoms with E-state index in [9.17, 15) is 14.7 Å². The number of allylic oxidation sites excluding steroid dienone is 2. The molecule has 0 bridgehead atoms. The van der Waals surface area contributed by atoms with Crippen molar-refractivity contribution in [1.29, 1.82) is 0 Å². The summed E-state index contributed by atoms with van der Waals surface area (Å²) in [6.45, 7) is 13.4. The van der Waals surface area contributed by atoms with Gasteiger partial charge in [-0.25, -0.2) is 4.39 Å². The molecule has 64 heavy (non-hydrogen) atoms. The first-order chi connectivity index (χ1) is 30.7. The second-order valence-electron chi connectivity index (χ2n) is 19.4. The van der Waals surface area contributed by atoms with Crippen LogP contribution in [-0.2, 0) is 18.4 Å². The van der Waals surface area contributed by atoms with E-state index in [2.05, 4.69) is 133 Å². The Kier molecular flexibility index (Phi) is 14.9. The zero-order chi connectivity index (χ0) is 45.5. The number of rotatable bonds is 18. The highest BCUT2D eigenvalue weighted by Crippen LogP contribution is 2.48. The first kappa shape index (κ1) is 47.2. The van der Waals surface area contributed by atoms with E-state index in [1.54, 1.807) is 11.3 Å².